The largest absolute Gasteiger partial charge is 0.396 e. The summed E-state index contributed by atoms with van der Waals surface area (Å²) in [7, 11) is 0. The molecule has 0 bridgehead atoms. The highest BCUT2D eigenvalue weighted by molar-refractivity contribution is 7.15. The average molecular weight is 494 g/mol. The number of morpholine rings is 1. The van der Waals surface area contributed by atoms with Crippen LogP contribution in [0, 0.1) is 22.2 Å². The number of nitrogens with one attached hydrogen (secondary N) is 1. The van der Waals surface area contributed by atoms with Gasteiger partial charge in [-0.15, -0.1) is 11.3 Å². The van der Waals surface area contributed by atoms with Gasteiger partial charge in [-0.1, -0.05) is 34.6 Å². The number of aliphatic hydroxyl groups excluding tert-OH is 2. The van der Waals surface area contributed by atoms with Crippen LogP contribution in [0.4, 0.5) is 5.13 Å². The van der Waals surface area contributed by atoms with E-state index in [1.807, 2.05) is 32.6 Å². The van der Waals surface area contributed by atoms with Gasteiger partial charge in [-0.2, -0.15) is 0 Å². The molecule has 1 aromatic rings. The molecule has 2 fully saturated rings. The van der Waals surface area contributed by atoms with Crippen LogP contribution in [0.25, 0.3) is 0 Å². The number of rotatable bonds is 4. The van der Waals surface area contributed by atoms with Crippen LogP contribution in [0.15, 0.2) is 0 Å². The van der Waals surface area contributed by atoms with E-state index < -0.39 is 16.9 Å². The topological polar surface area (TPSA) is 112 Å². The lowest BCUT2D eigenvalue weighted by Crippen LogP contribution is -2.58. The van der Waals surface area contributed by atoms with Gasteiger partial charge in [0.15, 0.2) is 5.13 Å². The van der Waals surface area contributed by atoms with Crippen molar-refractivity contribution in [3.05, 3.63) is 10.6 Å². The molecule has 0 aromatic carbocycles. The van der Waals surface area contributed by atoms with E-state index in [0.717, 1.165) is 17.0 Å². The molecule has 1 aromatic heterocycles. The molecule has 9 heteroatoms. The molecular weight excluding hydrogens is 454 g/mol. The first-order valence-electron chi connectivity index (χ1n) is 12.4. The number of hydrogen-bond acceptors (Lipinski definition) is 7. The molecule has 34 heavy (non-hydrogen) atoms. The van der Waals surface area contributed by atoms with E-state index in [4.69, 9.17) is 9.72 Å². The first-order chi connectivity index (χ1) is 15.9. The number of carbonyl (C=O) groups excluding carboxylic acids is 2. The highest BCUT2D eigenvalue weighted by Gasteiger charge is 2.59. The standard InChI is InChI=1S/C25H39N3O5S/c1-23(2,3)21(32)27-22-26-20-15(12-19(31)28-8-10-33-11-9-28)24(4)7-6-18(30)25(5,14-29)17(24)13-16(20)34-22/h15,17-18,29-30H,6-14H2,1-5H3,(H,26,27,32)/t15-,17+,18-,24+,25+/m1/s1. The molecule has 3 aliphatic rings. The van der Waals surface area contributed by atoms with Crippen molar-refractivity contribution < 1.29 is 24.5 Å². The minimum absolute atomic E-state index is 0.00430. The fourth-order valence-electron chi connectivity index (χ4n) is 6.10. The van der Waals surface area contributed by atoms with E-state index in [1.165, 1.54) is 11.3 Å². The minimum atomic E-state index is -0.663. The second-order valence-corrected chi connectivity index (χ2v) is 12.8. The van der Waals surface area contributed by atoms with E-state index in [2.05, 4.69) is 12.2 Å². The maximum Gasteiger partial charge on any atom is 0.231 e. The Hall–Kier alpha value is -1.55. The zero-order chi connectivity index (χ0) is 24.9. The van der Waals surface area contributed by atoms with Crippen LogP contribution in [-0.4, -0.2) is 70.9 Å². The van der Waals surface area contributed by atoms with Crippen LogP contribution in [0.1, 0.15) is 70.4 Å². The number of aliphatic hydroxyl groups is 2. The third-order valence-electron chi connectivity index (χ3n) is 8.54. The van der Waals surface area contributed by atoms with E-state index in [-0.39, 0.29) is 35.7 Å². The van der Waals surface area contributed by atoms with Gasteiger partial charge in [0.1, 0.15) is 0 Å². The van der Waals surface area contributed by atoms with Crippen molar-refractivity contribution in [1.29, 1.82) is 0 Å². The second-order valence-electron chi connectivity index (χ2n) is 11.8. The maximum atomic E-state index is 13.4. The number of carbonyl (C=O) groups is 2. The summed E-state index contributed by atoms with van der Waals surface area (Å²) in [6.45, 7) is 11.9. The summed E-state index contributed by atoms with van der Waals surface area (Å²) >= 11 is 1.46. The van der Waals surface area contributed by atoms with Gasteiger partial charge in [-0.25, -0.2) is 4.98 Å². The summed E-state index contributed by atoms with van der Waals surface area (Å²) in [5.41, 5.74) is -0.613. The predicted octanol–water partition coefficient (Wildman–Crippen LogP) is 2.79. The Morgan fingerprint density at radius 3 is 2.56 bits per heavy atom. The predicted molar refractivity (Wildman–Crippen MR) is 131 cm³/mol. The Morgan fingerprint density at radius 2 is 1.94 bits per heavy atom. The summed E-state index contributed by atoms with van der Waals surface area (Å²) in [6, 6.07) is 0. The fraction of sp³-hybridized carbons (Fsp3) is 0.800. The van der Waals surface area contributed by atoms with Crippen molar-refractivity contribution >= 4 is 28.3 Å². The Morgan fingerprint density at radius 1 is 1.26 bits per heavy atom. The monoisotopic (exact) mass is 493 g/mol. The molecule has 2 heterocycles. The summed E-state index contributed by atoms with van der Waals surface area (Å²) in [5, 5.41) is 24.8. The lowest BCUT2D eigenvalue weighted by Gasteiger charge is -2.58. The highest BCUT2D eigenvalue weighted by atomic mass is 32.1. The lowest BCUT2D eigenvalue weighted by molar-refractivity contribution is -0.149. The molecule has 190 valence electrons. The van der Waals surface area contributed by atoms with Gasteiger partial charge < -0.3 is 25.2 Å². The van der Waals surface area contributed by atoms with Crippen molar-refractivity contribution in [2.45, 2.75) is 72.3 Å². The molecule has 8 nitrogen and oxygen atoms in total. The zero-order valence-corrected chi connectivity index (χ0v) is 21.8. The Bertz CT molecular complexity index is 937. The third-order valence-corrected chi connectivity index (χ3v) is 9.55. The van der Waals surface area contributed by atoms with Crippen LogP contribution < -0.4 is 5.32 Å². The normalized spacial score (nSPS) is 33.7. The molecule has 0 radical (unpaired) electrons. The zero-order valence-electron chi connectivity index (χ0n) is 21.0. The highest BCUT2D eigenvalue weighted by Crippen LogP contribution is 2.63. The fourth-order valence-corrected chi connectivity index (χ4v) is 7.16. The van der Waals surface area contributed by atoms with Crippen LogP contribution in [0.2, 0.25) is 0 Å². The Labute approximate surface area is 206 Å². The summed E-state index contributed by atoms with van der Waals surface area (Å²) in [4.78, 5) is 33.8. The van der Waals surface area contributed by atoms with Crippen molar-refractivity contribution in [2.75, 3.05) is 38.2 Å². The van der Waals surface area contributed by atoms with Crippen molar-refractivity contribution in [1.82, 2.24) is 9.88 Å². The van der Waals surface area contributed by atoms with E-state index in [1.54, 1.807) is 0 Å². The number of fused-ring (bicyclic) bond motifs is 2. The maximum absolute atomic E-state index is 13.4. The minimum Gasteiger partial charge on any atom is -0.396 e. The average Bonchev–Trinajstić information content (AvgIpc) is 3.19. The number of ether oxygens (including phenoxy) is 1. The summed E-state index contributed by atoms with van der Waals surface area (Å²) in [5.74, 6) is -0.160. The number of hydrogen-bond donors (Lipinski definition) is 3. The molecular formula is C25H39N3O5S. The third kappa shape index (κ3) is 4.40. The molecule has 0 spiro atoms. The SMILES string of the molecule is CC(C)(C)C(=O)Nc1nc2c(s1)C[C@@H]1[C@](C)(CO)[C@H](O)CC[C@@]1(C)[C@@H]2CC(=O)N1CCOCC1. The lowest BCUT2D eigenvalue weighted by atomic mass is 9.47. The van der Waals surface area contributed by atoms with Crippen LogP contribution in [-0.2, 0) is 20.7 Å². The summed E-state index contributed by atoms with van der Waals surface area (Å²) < 4.78 is 5.42. The van der Waals surface area contributed by atoms with E-state index in [0.29, 0.717) is 50.7 Å². The molecule has 3 N–H and O–H groups in total. The number of amides is 2. The molecule has 0 unspecified atom stereocenters. The van der Waals surface area contributed by atoms with Gasteiger partial charge >= 0.3 is 0 Å². The smallest absolute Gasteiger partial charge is 0.231 e. The van der Waals surface area contributed by atoms with Crippen LogP contribution in [0.3, 0.4) is 0 Å². The molecule has 2 amide bonds. The van der Waals surface area contributed by atoms with Gasteiger partial charge in [-0.05, 0) is 30.6 Å². The van der Waals surface area contributed by atoms with Crippen molar-refractivity contribution in [3.63, 3.8) is 0 Å². The molecule has 1 saturated heterocycles. The van der Waals surface area contributed by atoms with Gasteiger partial charge in [0.05, 0.1) is 31.6 Å². The van der Waals surface area contributed by atoms with Gasteiger partial charge in [-0.3, -0.25) is 9.59 Å². The first-order valence-corrected chi connectivity index (χ1v) is 13.2. The quantitative estimate of drug-likeness (QED) is 0.595. The summed E-state index contributed by atoms with van der Waals surface area (Å²) in [6.07, 6.45) is 1.75. The van der Waals surface area contributed by atoms with E-state index >= 15 is 0 Å². The second kappa shape index (κ2) is 9.15. The van der Waals surface area contributed by atoms with E-state index in [9.17, 15) is 19.8 Å². The van der Waals surface area contributed by atoms with Crippen LogP contribution >= 0.6 is 11.3 Å². The van der Waals surface area contributed by atoms with Gasteiger partial charge in [0, 0.05) is 41.1 Å². The number of thiazole rings is 1. The molecule has 5 atom stereocenters. The first kappa shape index (κ1) is 25.5. The molecule has 4 rings (SSSR count). The number of nitrogens with zero attached hydrogens (tertiary/aromatic N) is 2. The molecule has 1 saturated carbocycles. The number of anilines is 1. The number of aromatic nitrogens is 1. The molecule has 1 aliphatic heterocycles. The van der Waals surface area contributed by atoms with Crippen molar-refractivity contribution in [2.24, 2.45) is 22.2 Å². The van der Waals surface area contributed by atoms with Gasteiger partial charge in [0.25, 0.3) is 0 Å². The Balaban J connectivity index is 1.72. The van der Waals surface area contributed by atoms with Crippen molar-refractivity contribution in [3.8, 4) is 0 Å². The van der Waals surface area contributed by atoms with Crippen LogP contribution in [0.5, 0.6) is 0 Å². The van der Waals surface area contributed by atoms with Gasteiger partial charge in [0.2, 0.25) is 11.8 Å². The Kier molecular flexibility index (Phi) is 6.87. The molecule has 2 aliphatic carbocycles.